The lowest BCUT2D eigenvalue weighted by Crippen LogP contribution is -2.17. The lowest BCUT2D eigenvalue weighted by molar-refractivity contribution is 0.895. The maximum atomic E-state index is 5.59. The van der Waals surface area contributed by atoms with Crippen LogP contribution in [0.3, 0.4) is 0 Å². The number of hydrogen-bond acceptors (Lipinski definition) is 5. The SMILES string of the molecule is CN(Cc1csc(Br)c1)c1cncc(N)n1. The molecular formula is C10H11BrN4S. The molecule has 0 spiro atoms. The summed E-state index contributed by atoms with van der Waals surface area (Å²) < 4.78 is 1.13. The Bertz CT molecular complexity index is 485. The molecule has 2 aromatic rings. The molecule has 2 heterocycles. The zero-order valence-electron chi connectivity index (χ0n) is 8.72. The van der Waals surface area contributed by atoms with Gasteiger partial charge >= 0.3 is 0 Å². The number of halogens is 1. The van der Waals surface area contributed by atoms with Crippen molar-refractivity contribution in [2.75, 3.05) is 17.7 Å². The van der Waals surface area contributed by atoms with E-state index in [0.717, 1.165) is 16.1 Å². The number of nitrogens with zero attached hydrogens (tertiary/aromatic N) is 3. The van der Waals surface area contributed by atoms with Crippen molar-refractivity contribution in [2.45, 2.75) is 6.54 Å². The van der Waals surface area contributed by atoms with E-state index in [2.05, 4.69) is 37.3 Å². The van der Waals surface area contributed by atoms with Crippen molar-refractivity contribution >= 4 is 38.9 Å². The van der Waals surface area contributed by atoms with Crippen LogP contribution in [0, 0.1) is 0 Å². The topological polar surface area (TPSA) is 55.0 Å². The second-order valence-corrected chi connectivity index (χ2v) is 5.71. The number of nitrogens with two attached hydrogens (primary N) is 1. The molecule has 2 aromatic heterocycles. The normalized spacial score (nSPS) is 10.4. The molecule has 0 bridgehead atoms. The molecule has 0 saturated heterocycles. The van der Waals surface area contributed by atoms with Gasteiger partial charge in [-0.3, -0.25) is 4.98 Å². The van der Waals surface area contributed by atoms with E-state index < -0.39 is 0 Å². The summed E-state index contributed by atoms with van der Waals surface area (Å²) in [6, 6.07) is 2.10. The largest absolute Gasteiger partial charge is 0.382 e. The van der Waals surface area contributed by atoms with Gasteiger partial charge in [-0.2, -0.15) is 0 Å². The number of aromatic nitrogens is 2. The summed E-state index contributed by atoms with van der Waals surface area (Å²) in [5, 5.41) is 2.11. The highest BCUT2D eigenvalue weighted by Gasteiger charge is 2.05. The van der Waals surface area contributed by atoms with Gasteiger partial charge in [-0.05, 0) is 32.9 Å². The van der Waals surface area contributed by atoms with Gasteiger partial charge in [0.25, 0.3) is 0 Å². The molecule has 16 heavy (non-hydrogen) atoms. The molecule has 6 heteroatoms. The van der Waals surface area contributed by atoms with Crippen molar-refractivity contribution < 1.29 is 0 Å². The zero-order chi connectivity index (χ0) is 11.5. The van der Waals surface area contributed by atoms with Crippen molar-refractivity contribution in [1.29, 1.82) is 0 Å². The molecule has 2 N–H and O–H groups in total. The maximum absolute atomic E-state index is 5.59. The van der Waals surface area contributed by atoms with Crippen molar-refractivity contribution in [3.8, 4) is 0 Å². The number of anilines is 2. The molecule has 4 nitrogen and oxygen atoms in total. The Kier molecular flexibility index (Phi) is 3.40. The fourth-order valence-electron chi connectivity index (χ4n) is 1.34. The van der Waals surface area contributed by atoms with Crippen molar-refractivity contribution in [2.24, 2.45) is 0 Å². The van der Waals surface area contributed by atoms with Crippen LogP contribution < -0.4 is 10.6 Å². The highest BCUT2D eigenvalue weighted by Crippen LogP contribution is 2.22. The summed E-state index contributed by atoms with van der Waals surface area (Å²) in [5.41, 5.74) is 6.83. The highest BCUT2D eigenvalue weighted by molar-refractivity contribution is 9.11. The lowest BCUT2D eigenvalue weighted by atomic mass is 10.3. The maximum Gasteiger partial charge on any atom is 0.149 e. The third kappa shape index (κ3) is 2.70. The Hall–Kier alpha value is -1.14. The van der Waals surface area contributed by atoms with Crippen LogP contribution in [0.5, 0.6) is 0 Å². The van der Waals surface area contributed by atoms with Crippen LogP contribution in [0.1, 0.15) is 5.56 Å². The van der Waals surface area contributed by atoms with Gasteiger partial charge in [0.15, 0.2) is 0 Å². The van der Waals surface area contributed by atoms with Crippen molar-refractivity contribution in [3.63, 3.8) is 0 Å². The van der Waals surface area contributed by atoms with Gasteiger partial charge in [0.2, 0.25) is 0 Å². The van der Waals surface area contributed by atoms with Crippen LogP contribution in [0.2, 0.25) is 0 Å². The fraction of sp³-hybridized carbons (Fsp3) is 0.200. The first kappa shape index (κ1) is 11.3. The molecule has 2 rings (SSSR count). The Balaban J connectivity index is 2.11. The minimum atomic E-state index is 0.441. The van der Waals surface area contributed by atoms with Crippen LogP contribution in [0.25, 0.3) is 0 Å². The van der Waals surface area contributed by atoms with Crippen LogP contribution in [0.15, 0.2) is 27.6 Å². The van der Waals surface area contributed by atoms with E-state index in [1.807, 2.05) is 11.9 Å². The number of hydrogen-bond donors (Lipinski definition) is 1. The Morgan fingerprint density at radius 3 is 2.94 bits per heavy atom. The van der Waals surface area contributed by atoms with Gasteiger partial charge in [-0.25, -0.2) is 4.98 Å². The summed E-state index contributed by atoms with van der Waals surface area (Å²) in [4.78, 5) is 10.2. The lowest BCUT2D eigenvalue weighted by Gasteiger charge is -2.16. The molecule has 0 atom stereocenters. The first-order valence-corrected chi connectivity index (χ1v) is 6.34. The van der Waals surface area contributed by atoms with Gasteiger partial charge in [-0.15, -0.1) is 11.3 Å². The molecule has 84 valence electrons. The summed E-state index contributed by atoms with van der Waals surface area (Å²) in [6.07, 6.45) is 3.25. The van der Waals surface area contributed by atoms with E-state index in [1.54, 1.807) is 23.7 Å². The third-order valence-electron chi connectivity index (χ3n) is 2.07. The van der Waals surface area contributed by atoms with Gasteiger partial charge in [0.05, 0.1) is 16.2 Å². The molecule has 0 fully saturated rings. The number of rotatable bonds is 3. The molecule has 0 aliphatic heterocycles. The summed E-state index contributed by atoms with van der Waals surface area (Å²) in [7, 11) is 1.97. The Morgan fingerprint density at radius 1 is 1.50 bits per heavy atom. The van der Waals surface area contributed by atoms with Gasteiger partial charge in [0, 0.05) is 13.6 Å². The molecule has 0 saturated carbocycles. The smallest absolute Gasteiger partial charge is 0.149 e. The fourth-order valence-corrected chi connectivity index (χ4v) is 2.54. The van der Waals surface area contributed by atoms with E-state index in [0.29, 0.717) is 5.82 Å². The van der Waals surface area contributed by atoms with E-state index >= 15 is 0 Å². The summed E-state index contributed by atoms with van der Waals surface area (Å²) in [5.74, 6) is 1.22. The average Bonchev–Trinajstić information content (AvgIpc) is 2.64. The van der Waals surface area contributed by atoms with Gasteiger partial charge in [0.1, 0.15) is 11.6 Å². The highest BCUT2D eigenvalue weighted by atomic mass is 79.9. The predicted octanol–water partition coefficient (Wildman–Crippen LogP) is 2.52. The van der Waals surface area contributed by atoms with Crippen molar-refractivity contribution in [1.82, 2.24) is 9.97 Å². The van der Waals surface area contributed by atoms with E-state index in [4.69, 9.17) is 5.73 Å². The first-order valence-electron chi connectivity index (χ1n) is 4.67. The summed E-state index contributed by atoms with van der Waals surface area (Å²) >= 11 is 5.12. The van der Waals surface area contributed by atoms with E-state index in [1.165, 1.54) is 5.56 Å². The van der Waals surface area contributed by atoms with E-state index in [-0.39, 0.29) is 0 Å². The van der Waals surface area contributed by atoms with Crippen LogP contribution in [0.4, 0.5) is 11.6 Å². The second kappa shape index (κ2) is 4.80. The molecule has 0 unspecified atom stereocenters. The zero-order valence-corrected chi connectivity index (χ0v) is 11.1. The molecule has 0 aliphatic carbocycles. The quantitative estimate of drug-likeness (QED) is 0.946. The minimum Gasteiger partial charge on any atom is -0.382 e. The van der Waals surface area contributed by atoms with E-state index in [9.17, 15) is 0 Å². The molecule has 0 aliphatic rings. The molecule has 0 amide bonds. The Labute approximate surface area is 106 Å². The van der Waals surface area contributed by atoms with Gasteiger partial charge in [-0.1, -0.05) is 0 Å². The minimum absolute atomic E-state index is 0.441. The van der Waals surface area contributed by atoms with Gasteiger partial charge < -0.3 is 10.6 Å². The molecule has 0 radical (unpaired) electrons. The van der Waals surface area contributed by atoms with Crippen molar-refractivity contribution in [3.05, 3.63) is 33.2 Å². The monoisotopic (exact) mass is 298 g/mol. The second-order valence-electron chi connectivity index (χ2n) is 3.42. The standard InChI is InChI=1S/C10H11BrN4S/c1-15(5-7-2-8(11)16-6-7)10-4-13-3-9(12)14-10/h2-4,6H,5H2,1H3,(H2,12,14). The molecular weight excluding hydrogens is 288 g/mol. The summed E-state index contributed by atoms with van der Waals surface area (Å²) in [6.45, 7) is 0.792. The average molecular weight is 299 g/mol. The van der Waals surface area contributed by atoms with Crippen LogP contribution >= 0.6 is 27.3 Å². The number of thiophene rings is 1. The van der Waals surface area contributed by atoms with Crippen LogP contribution in [-0.4, -0.2) is 17.0 Å². The van der Waals surface area contributed by atoms with Crippen LogP contribution in [-0.2, 0) is 6.54 Å². The molecule has 0 aromatic carbocycles. The first-order chi connectivity index (χ1) is 7.65. The Morgan fingerprint density at radius 2 is 2.31 bits per heavy atom. The third-order valence-corrected chi connectivity index (χ3v) is 3.63. The number of nitrogen functional groups attached to an aromatic ring is 1. The predicted molar refractivity (Wildman–Crippen MR) is 70.6 cm³/mol.